The molecule has 5 heteroatoms. The van der Waals surface area contributed by atoms with Crippen molar-refractivity contribution in [1.82, 2.24) is 20.7 Å². The van der Waals surface area contributed by atoms with Crippen LogP contribution in [0.2, 0.25) is 0 Å². The predicted octanol–water partition coefficient (Wildman–Crippen LogP) is 1.95. The normalized spacial score (nSPS) is 12.6. The highest BCUT2D eigenvalue weighted by molar-refractivity contribution is 5.34. The minimum absolute atomic E-state index is 0.130. The molecule has 1 atom stereocenters. The largest absolute Gasteiger partial charge is 0.305 e. The number of aromatic amines is 1. The standard InChI is InChI=1S/C12H15FN4/c1-3-14-12(11-7-15-17-16-11)10-6-9(13)5-4-8(10)2/h4-7,12,14H,3H2,1-2H3,(H,15,16,17). The number of benzene rings is 1. The molecular weight excluding hydrogens is 219 g/mol. The molecule has 90 valence electrons. The minimum Gasteiger partial charge on any atom is -0.305 e. The average molecular weight is 234 g/mol. The number of nitrogens with zero attached hydrogens (tertiary/aromatic N) is 2. The first-order valence-electron chi connectivity index (χ1n) is 5.57. The van der Waals surface area contributed by atoms with E-state index < -0.39 is 0 Å². The van der Waals surface area contributed by atoms with Crippen molar-refractivity contribution in [2.75, 3.05) is 6.54 Å². The number of halogens is 1. The first kappa shape index (κ1) is 11.7. The number of H-pyrrole nitrogens is 1. The van der Waals surface area contributed by atoms with E-state index >= 15 is 0 Å². The lowest BCUT2D eigenvalue weighted by molar-refractivity contribution is 0.591. The van der Waals surface area contributed by atoms with E-state index in [2.05, 4.69) is 20.7 Å². The van der Waals surface area contributed by atoms with E-state index in [-0.39, 0.29) is 11.9 Å². The maximum Gasteiger partial charge on any atom is 0.123 e. The van der Waals surface area contributed by atoms with Gasteiger partial charge in [0.15, 0.2) is 0 Å². The summed E-state index contributed by atoms with van der Waals surface area (Å²) in [6.07, 6.45) is 1.65. The van der Waals surface area contributed by atoms with E-state index in [1.807, 2.05) is 13.8 Å². The Morgan fingerprint density at radius 2 is 2.29 bits per heavy atom. The molecule has 0 spiro atoms. The minimum atomic E-state index is -0.239. The molecular formula is C12H15FN4. The van der Waals surface area contributed by atoms with Crippen molar-refractivity contribution in [3.05, 3.63) is 47.0 Å². The van der Waals surface area contributed by atoms with Gasteiger partial charge in [-0.25, -0.2) is 4.39 Å². The summed E-state index contributed by atoms with van der Waals surface area (Å²) < 4.78 is 13.3. The number of hydrogen-bond donors (Lipinski definition) is 2. The van der Waals surface area contributed by atoms with Crippen molar-refractivity contribution in [2.45, 2.75) is 19.9 Å². The lowest BCUT2D eigenvalue weighted by atomic mass is 9.99. The van der Waals surface area contributed by atoms with Crippen molar-refractivity contribution in [1.29, 1.82) is 0 Å². The Morgan fingerprint density at radius 3 is 2.94 bits per heavy atom. The fourth-order valence-electron chi connectivity index (χ4n) is 1.85. The zero-order valence-corrected chi connectivity index (χ0v) is 9.87. The summed E-state index contributed by atoms with van der Waals surface area (Å²) in [4.78, 5) is 0. The third kappa shape index (κ3) is 2.50. The third-order valence-electron chi connectivity index (χ3n) is 2.69. The van der Waals surface area contributed by atoms with Gasteiger partial charge in [0, 0.05) is 0 Å². The molecule has 1 unspecified atom stereocenters. The summed E-state index contributed by atoms with van der Waals surface area (Å²) in [5.41, 5.74) is 2.68. The zero-order valence-electron chi connectivity index (χ0n) is 9.87. The number of aromatic nitrogens is 3. The number of hydrogen-bond acceptors (Lipinski definition) is 3. The van der Waals surface area contributed by atoms with Gasteiger partial charge in [0.1, 0.15) is 11.5 Å². The second kappa shape index (κ2) is 5.05. The van der Waals surface area contributed by atoms with Gasteiger partial charge in [0.25, 0.3) is 0 Å². The van der Waals surface area contributed by atoms with Crippen LogP contribution in [0.15, 0.2) is 24.4 Å². The van der Waals surface area contributed by atoms with E-state index in [9.17, 15) is 4.39 Å². The molecule has 0 fully saturated rings. The molecule has 2 rings (SSSR count). The molecule has 0 aliphatic carbocycles. The quantitative estimate of drug-likeness (QED) is 0.850. The van der Waals surface area contributed by atoms with Crippen LogP contribution in [0.25, 0.3) is 0 Å². The van der Waals surface area contributed by atoms with Crippen LogP contribution in [0.1, 0.15) is 29.8 Å². The van der Waals surface area contributed by atoms with Crippen LogP contribution < -0.4 is 5.32 Å². The Kier molecular flexibility index (Phi) is 3.49. The lowest BCUT2D eigenvalue weighted by Gasteiger charge is -2.18. The maximum atomic E-state index is 13.3. The topological polar surface area (TPSA) is 53.6 Å². The van der Waals surface area contributed by atoms with Crippen LogP contribution in [0.5, 0.6) is 0 Å². The first-order valence-corrected chi connectivity index (χ1v) is 5.57. The Labute approximate surface area is 99.2 Å². The van der Waals surface area contributed by atoms with Crippen LogP contribution in [0, 0.1) is 12.7 Å². The van der Waals surface area contributed by atoms with Gasteiger partial charge in [-0.1, -0.05) is 13.0 Å². The molecule has 17 heavy (non-hydrogen) atoms. The fourth-order valence-corrected chi connectivity index (χ4v) is 1.85. The van der Waals surface area contributed by atoms with Crippen LogP contribution in [-0.2, 0) is 0 Å². The summed E-state index contributed by atoms with van der Waals surface area (Å²) in [5.74, 6) is -0.239. The molecule has 1 aromatic heterocycles. The highest BCUT2D eigenvalue weighted by atomic mass is 19.1. The second-order valence-electron chi connectivity index (χ2n) is 3.89. The molecule has 1 aromatic carbocycles. The molecule has 1 heterocycles. The van der Waals surface area contributed by atoms with Crippen LogP contribution in [0.3, 0.4) is 0 Å². The average Bonchev–Trinajstić information content (AvgIpc) is 2.83. The van der Waals surface area contributed by atoms with Crippen LogP contribution in [-0.4, -0.2) is 22.0 Å². The number of nitrogens with one attached hydrogen (secondary N) is 2. The molecule has 0 radical (unpaired) electrons. The van der Waals surface area contributed by atoms with Gasteiger partial charge in [-0.3, -0.25) is 0 Å². The van der Waals surface area contributed by atoms with Gasteiger partial charge < -0.3 is 5.32 Å². The highest BCUT2D eigenvalue weighted by Crippen LogP contribution is 2.23. The monoisotopic (exact) mass is 234 g/mol. The Bertz CT molecular complexity index is 481. The molecule has 0 saturated heterocycles. The molecule has 0 saturated carbocycles. The van der Waals surface area contributed by atoms with Crippen LogP contribution in [0.4, 0.5) is 4.39 Å². The predicted molar refractivity (Wildman–Crippen MR) is 63.0 cm³/mol. The maximum absolute atomic E-state index is 13.3. The van der Waals surface area contributed by atoms with Gasteiger partial charge in [-0.05, 0) is 36.7 Å². The van der Waals surface area contributed by atoms with E-state index in [1.54, 1.807) is 12.3 Å². The Hall–Kier alpha value is -1.75. The van der Waals surface area contributed by atoms with E-state index in [1.165, 1.54) is 12.1 Å². The third-order valence-corrected chi connectivity index (χ3v) is 2.69. The Morgan fingerprint density at radius 1 is 1.47 bits per heavy atom. The molecule has 0 aliphatic heterocycles. The van der Waals surface area contributed by atoms with Crippen molar-refractivity contribution in [3.63, 3.8) is 0 Å². The van der Waals surface area contributed by atoms with Crippen LogP contribution >= 0.6 is 0 Å². The number of rotatable bonds is 4. The van der Waals surface area contributed by atoms with Gasteiger partial charge in [-0.2, -0.15) is 15.4 Å². The van der Waals surface area contributed by atoms with Crippen molar-refractivity contribution in [3.8, 4) is 0 Å². The van der Waals surface area contributed by atoms with E-state index in [4.69, 9.17) is 0 Å². The summed E-state index contributed by atoms with van der Waals surface area (Å²) >= 11 is 0. The SMILES string of the molecule is CCNC(c1cn[nH]n1)c1cc(F)ccc1C. The number of aryl methyl sites for hydroxylation is 1. The Balaban J connectivity index is 2.42. The van der Waals surface area contributed by atoms with Crippen molar-refractivity contribution >= 4 is 0 Å². The van der Waals surface area contributed by atoms with E-state index in [0.29, 0.717) is 0 Å². The van der Waals surface area contributed by atoms with Gasteiger partial charge in [0.2, 0.25) is 0 Å². The zero-order chi connectivity index (χ0) is 12.3. The van der Waals surface area contributed by atoms with Gasteiger partial charge in [-0.15, -0.1) is 0 Å². The molecule has 0 aliphatic rings. The summed E-state index contributed by atoms with van der Waals surface area (Å²) in [7, 11) is 0. The van der Waals surface area contributed by atoms with Crippen molar-refractivity contribution < 1.29 is 4.39 Å². The summed E-state index contributed by atoms with van der Waals surface area (Å²) in [6.45, 7) is 4.73. The fraction of sp³-hybridized carbons (Fsp3) is 0.333. The van der Waals surface area contributed by atoms with Crippen molar-refractivity contribution in [2.24, 2.45) is 0 Å². The molecule has 2 N–H and O–H groups in total. The molecule has 0 bridgehead atoms. The molecule has 4 nitrogen and oxygen atoms in total. The summed E-state index contributed by atoms with van der Waals surface area (Å²) in [6, 6.07) is 4.64. The summed E-state index contributed by atoms with van der Waals surface area (Å²) in [5, 5.41) is 13.7. The van der Waals surface area contributed by atoms with Gasteiger partial charge >= 0.3 is 0 Å². The van der Waals surface area contributed by atoms with Gasteiger partial charge in [0.05, 0.1) is 12.2 Å². The smallest absolute Gasteiger partial charge is 0.123 e. The van der Waals surface area contributed by atoms with E-state index in [0.717, 1.165) is 23.4 Å². The highest BCUT2D eigenvalue weighted by Gasteiger charge is 2.18. The second-order valence-corrected chi connectivity index (χ2v) is 3.89. The molecule has 0 amide bonds. The lowest BCUT2D eigenvalue weighted by Crippen LogP contribution is -2.23. The molecule has 2 aromatic rings. The first-order chi connectivity index (χ1) is 8.22.